The highest BCUT2D eigenvalue weighted by Gasteiger charge is 2.36. The fourth-order valence-electron chi connectivity index (χ4n) is 4.01. The molecule has 0 aliphatic heterocycles. The van der Waals surface area contributed by atoms with Crippen LogP contribution in [0.2, 0.25) is 0 Å². The summed E-state index contributed by atoms with van der Waals surface area (Å²) in [6.45, 7) is 12.0. The van der Waals surface area contributed by atoms with E-state index in [0.29, 0.717) is 0 Å². The van der Waals surface area contributed by atoms with Gasteiger partial charge in [0.2, 0.25) is 0 Å². The highest BCUT2D eigenvalue weighted by molar-refractivity contribution is 7.75. The molecule has 0 rings (SSSR count). The van der Waals surface area contributed by atoms with Crippen molar-refractivity contribution in [3.63, 3.8) is 0 Å². The van der Waals surface area contributed by atoms with E-state index in [-0.39, 0.29) is 0 Å². The van der Waals surface area contributed by atoms with E-state index in [0.717, 1.165) is 5.92 Å². The van der Waals surface area contributed by atoms with Crippen molar-refractivity contribution in [3.8, 4) is 0 Å². The van der Waals surface area contributed by atoms with Gasteiger partial charge in [0.25, 0.3) is 0 Å². The summed E-state index contributed by atoms with van der Waals surface area (Å²) >= 11 is 0. The molecule has 0 amide bonds. The van der Waals surface area contributed by atoms with Gasteiger partial charge in [-0.15, -0.1) is 0 Å². The van der Waals surface area contributed by atoms with E-state index in [1.807, 2.05) is 0 Å². The Morgan fingerprint density at radius 1 is 0.522 bits per heavy atom. The lowest BCUT2D eigenvalue weighted by Gasteiger charge is -2.30. The second-order valence-electron chi connectivity index (χ2n) is 8.27. The maximum Gasteiger partial charge on any atom is 0.0617 e. The number of hydrogen-bond donors (Lipinski definition) is 0. The van der Waals surface area contributed by atoms with Gasteiger partial charge in [0.15, 0.2) is 0 Å². The van der Waals surface area contributed by atoms with Crippen molar-refractivity contribution in [3.05, 3.63) is 0 Å². The van der Waals surface area contributed by atoms with Crippen molar-refractivity contribution in [1.29, 1.82) is 0 Å². The summed E-state index contributed by atoms with van der Waals surface area (Å²) < 4.78 is 0. The third-order valence-electron chi connectivity index (χ3n) is 5.21. The second kappa shape index (κ2) is 15.9. The van der Waals surface area contributed by atoms with Gasteiger partial charge in [0.05, 0.1) is 24.6 Å². The molecule has 0 aromatic rings. The van der Waals surface area contributed by atoms with Crippen molar-refractivity contribution in [2.75, 3.05) is 24.6 Å². The molecule has 0 atom stereocenters. The fourth-order valence-corrected chi connectivity index (χ4v) is 9.46. The Hall–Kier alpha value is 0.430. The monoisotopic (exact) mass is 343 g/mol. The molecule has 23 heavy (non-hydrogen) atoms. The summed E-state index contributed by atoms with van der Waals surface area (Å²) in [5.74, 6) is 0.909. The van der Waals surface area contributed by atoms with Crippen molar-refractivity contribution in [2.45, 2.75) is 112 Å². The third-order valence-corrected chi connectivity index (χ3v) is 10.5. The average molecular weight is 344 g/mol. The van der Waals surface area contributed by atoms with E-state index >= 15 is 0 Å². The van der Waals surface area contributed by atoms with E-state index < -0.39 is 7.26 Å². The van der Waals surface area contributed by atoms with E-state index in [1.165, 1.54) is 77.0 Å². The summed E-state index contributed by atoms with van der Waals surface area (Å²) in [4.78, 5) is 0. The van der Waals surface area contributed by atoms with Crippen LogP contribution in [0.4, 0.5) is 0 Å². The van der Waals surface area contributed by atoms with Crippen LogP contribution in [0.1, 0.15) is 112 Å². The molecule has 0 fully saturated rings. The molecule has 0 saturated carbocycles. The lowest BCUT2D eigenvalue weighted by molar-refractivity contribution is 0.672. The van der Waals surface area contributed by atoms with Crippen molar-refractivity contribution < 1.29 is 0 Å². The molecule has 0 aromatic carbocycles. The van der Waals surface area contributed by atoms with Gasteiger partial charge in [0.1, 0.15) is 0 Å². The van der Waals surface area contributed by atoms with Crippen LogP contribution in [0.5, 0.6) is 0 Å². The maximum atomic E-state index is 2.47. The van der Waals surface area contributed by atoms with Gasteiger partial charge in [0, 0.05) is 7.26 Å². The minimum absolute atomic E-state index is 0.673. The number of hydrogen-bond acceptors (Lipinski definition) is 0. The molecule has 140 valence electrons. The zero-order valence-electron chi connectivity index (χ0n) is 17.3. The highest BCUT2D eigenvalue weighted by atomic mass is 31.2. The Bertz CT molecular complexity index is 203. The predicted molar refractivity (Wildman–Crippen MR) is 114 cm³/mol. The molecule has 0 radical (unpaired) electrons. The number of unbranched alkanes of at least 4 members (excludes halogenated alkanes) is 9. The molecule has 0 aliphatic carbocycles. The van der Waals surface area contributed by atoms with Crippen LogP contribution in [-0.4, -0.2) is 24.6 Å². The van der Waals surface area contributed by atoms with Crippen LogP contribution < -0.4 is 0 Å². The van der Waals surface area contributed by atoms with Crippen LogP contribution in [0, 0.1) is 5.92 Å². The molecular weight excluding hydrogens is 295 g/mol. The van der Waals surface area contributed by atoms with Gasteiger partial charge >= 0.3 is 0 Å². The second-order valence-corrected chi connectivity index (χ2v) is 12.7. The average Bonchev–Trinajstić information content (AvgIpc) is 2.52. The molecular formula is C22H48P+. The topological polar surface area (TPSA) is 0 Å². The Morgan fingerprint density at radius 3 is 1.13 bits per heavy atom. The minimum Gasteiger partial charge on any atom is -0.0654 e. The van der Waals surface area contributed by atoms with Crippen molar-refractivity contribution in [1.82, 2.24) is 0 Å². The molecule has 0 aliphatic rings. The van der Waals surface area contributed by atoms with Crippen LogP contribution in [0.25, 0.3) is 0 Å². The SMILES string of the molecule is CCCCCC[P+](CCCCCC)(CCCCCC)CC(C)C. The van der Waals surface area contributed by atoms with Gasteiger partial charge in [-0.3, -0.25) is 0 Å². The van der Waals surface area contributed by atoms with Gasteiger partial charge in [-0.1, -0.05) is 73.1 Å². The van der Waals surface area contributed by atoms with E-state index in [2.05, 4.69) is 34.6 Å². The lowest BCUT2D eigenvalue weighted by atomic mass is 10.2. The summed E-state index contributed by atoms with van der Waals surface area (Å²) in [6.07, 6.45) is 23.9. The lowest BCUT2D eigenvalue weighted by Crippen LogP contribution is -2.16. The first kappa shape index (κ1) is 23.4. The summed E-state index contributed by atoms with van der Waals surface area (Å²) in [6, 6.07) is 0. The first-order valence-corrected chi connectivity index (χ1v) is 13.5. The van der Waals surface area contributed by atoms with E-state index in [1.54, 1.807) is 24.6 Å². The zero-order chi connectivity index (χ0) is 17.4. The fraction of sp³-hybridized carbons (Fsp3) is 1.00. The molecule has 0 saturated heterocycles. The Labute approximate surface area is 149 Å². The predicted octanol–water partition coefficient (Wildman–Crippen LogP) is 8.40. The molecule has 0 unspecified atom stereocenters. The maximum absolute atomic E-state index is 2.47. The molecule has 0 nitrogen and oxygen atoms in total. The Morgan fingerprint density at radius 2 is 0.870 bits per heavy atom. The molecule has 0 spiro atoms. The van der Waals surface area contributed by atoms with Crippen LogP contribution >= 0.6 is 7.26 Å². The quantitative estimate of drug-likeness (QED) is 0.184. The van der Waals surface area contributed by atoms with Gasteiger partial charge in [-0.25, -0.2) is 0 Å². The van der Waals surface area contributed by atoms with Gasteiger partial charge in [-0.05, 0) is 44.4 Å². The molecule has 0 heterocycles. The molecule has 1 heteroatoms. The van der Waals surface area contributed by atoms with E-state index in [4.69, 9.17) is 0 Å². The van der Waals surface area contributed by atoms with E-state index in [9.17, 15) is 0 Å². The smallest absolute Gasteiger partial charge is 0.0617 e. The van der Waals surface area contributed by atoms with Crippen molar-refractivity contribution >= 4 is 7.26 Å². The highest BCUT2D eigenvalue weighted by Crippen LogP contribution is 2.62. The summed E-state index contributed by atoms with van der Waals surface area (Å²) in [5, 5.41) is 0. The third kappa shape index (κ3) is 13.4. The van der Waals surface area contributed by atoms with Gasteiger partial charge < -0.3 is 0 Å². The molecule has 0 aromatic heterocycles. The first-order chi connectivity index (χ1) is 11.1. The Balaban J connectivity index is 4.58. The van der Waals surface area contributed by atoms with Crippen LogP contribution in [0.3, 0.4) is 0 Å². The number of rotatable bonds is 17. The molecule has 0 bridgehead atoms. The minimum atomic E-state index is -0.673. The summed E-state index contributed by atoms with van der Waals surface area (Å²) in [7, 11) is -0.673. The molecule has 0 N–H and O–H groups in total. The van der Waals surface area contributed by atoms with Gasteiger partial charge in [-0.2, -0.15) is 0 Å². The van der Waals surface area contributed by atoms with Crippen LogP contribution in [0.15, 0.2) is 0 Å². The van der Waals surface area contributed by atoms with Crippen LogP contribution in [-0.2, 0) is 0 Å². The van der Waals surface area contributed by atoms with Crippen molar-refractivity contribution in [2.24, 2.45) is 5.92 Å². The zero-order valence-corrected chi connectivity index (χ0v) is 18.2. The summed E-state index contributed by atoms with van der Waals surface area (Å²) in [5.41, 5.74) is 0. The standard InChI is InChI=1S/C22H48P/c1-6-9-12-15-18-23(21-22(4)5,19-16-13-10-7-2)20-17-14-11-8-3/h22H,6-21H2,1-5H3/q+1. The Kier molecular flexibility index (Phi) is 16.2. The largest absolute Gasteiger partial charge is 0.0654 e. The first-order valence-electron chi connectivity index (χ1n) is 10.9. The normalized spacial score (nSPS) is 12.3.